The Labute approximate surface area is 99.2 Å². The van der Waals surface area contributed by atoms with Crippen molar-refractivity contribution in [2.75, 3.05) is 0 Å². The first-order chi connectivity index (χ1) is 7.75. The summed E-state index contributed by atoms with van der Waals surface area (Å²) in [6.07, 6.45) is 11.1. The lowest BCUT2D eigenvalue weighted by atomic mass is 9.82. The molecule has 92 valence electrons. The molecule has 0 aliphatic heterocycles. The van der Waals surface area contributed by atoms with Gasteiger partial charge in [0.15, 0.2) is 0 Å². The minimum atomic E-state index is 0.318. The van der Waals surface area contributed by atoms with Crippen molar-refractivity contribution in [3.63, 3.8) is 0 Å². The van der Waals surface area contributed by atoms with Gasteiger partial charge in [-0.3, -0.25) is 4.79 Å². The maximum atomic E-state index is 12.1. The molecule has 2 heteroatoms. The van der Waals surface area contributed by atoms with Gasteiger partial charge in [0.25, 0.3) is 0 Å². The van der Waals surface area contributed by atoms with Gasteiger partial charge in [0.05, 0.1) is 0 Å². The van der Waals surface area contributed by atoms with Gasteiger partial charge in [0.2, 0.25) is 5.91 Å². The van der Waals surface area contributed by atoms with Crippen LogP contribution in [0.1, 0.15) is 64.7 Å². The summed E-state index contributed by atoms with van der Waals surface area (Å²) in [5.41, 5.74) is 0. The van der Waals surface area contributed by atoms with Crippen molar-refractivity contribution < 1.29 is 4.79 Å². The second-order valence-corrected chi connectivity index (χ2v) is 5.80. The van der Waals surface area contributed by atoms with Crippen LogP contribution in [0.2, 0.25) is 0 Å². The summed E-state index contributed by atoms with van der Waals surface area (Å²) < 4.78 is 0. The van der Waals surface area contributed by atoms with Crippen molar-refractivity contribution >= 4 is 5.91 Å². The molecule has 2 nitrogen and oxygen atoms in total. The fourth-order valence-electron chi connectivity index (χ4n) is 3.09. The zero-order chi connectivity index (χ0) is 11.4. The lowest BCUT2D eigenvalue weighted by Crippen LogP contribution is -2.40. The van der Waals surface area contributed by atoms with Gasteiger partial charge >= 0.3 is 0 Å². The van der Waals surface area contributed by atoms with Gasteiger partial charge in [-0.25, -0.2) is 0 Å². The molecule has 2 rings (SSSR count). The molecule has 2 aliphatic carbocycles. The Kier molecular flexibility index (Phi) is 4.25. The molecule has 0 spiro atoms. The Morgan fingerprint density at radius 2 is 1.56 bits per heavy atom. The Balaban J connectivity index is 1.74. The Hall–Kier alpha value is -0.530. The first-order valence-electron chi connectivity index (χ1n) is 7.06. The minimum Gasteiger partial charge on any atom is -0.353 e. The molecule has 2 saturated carbocycles. The maximum Gasteiger partial charge on any atom is 0.223 e. The summed E-state index contributed by atoms with van der Waals surface area (Å²) in [7, 11) is 0. The fraction of sp³-hybridized carbons (Fsp3) is 0.929. The molecular formula is C14H25NO. The number of amides is 1. The first-order valence-corrected chi connectivity index (χ1v) is 7.06. The molecule has 0 unspecified atom stereocenters. The van der Waals surface area contributed by atoms with Crippen molar-refractivity contribution in [2.24, 2.45) is 11.8 Å². The third-order valence-corrected chi connectivity index (χ3v) is 4.34. The summed E-state index contributed by atoms with van der Waals surface area (Å²) in [4.78, 5) is 12.1. The molecule has 0 saturated heterocycles. The molecule has 1 amide bonds. The van der Waals surface area contributed by atoms with Crippen molar-refractivity contribution in [1.82, 2.24) is 5.32 Å². The van der Waals surface area contributed by atoms with Crippen LogP contribution in [-0.2, 0) is 4.79 Å². The maximum absolute atomic E-state index is 12.1. The van der Waals surface area contributed by atoms with Gasteiger partial charge in [0, 0.05) is 12.0 Å². The van der Waals surface area contributed by atoms with E-state index in [2.05, 4.69) is 12.2 Å². The summed E-state index contributed by atoms with van der Waals surface area (Å²) in [5.74, 6) is 1.50. The molecule has 16 heavy (non-hydrogen) atoms. The van der Waals surface area contributed by atoms with Crippen LogP contribution in [0.4, 0.5) is 0 Å². The summed E-state index contributed by atoms with van der Waals surface area (Å²) >= 11 is 0. The molecule has 2 fully saturated rings. The SMILES string of the molecule is CC1CCC(C(=O)NC2CCCCC2)CC1. The van der Waals surface area contributed by atoms with E-state index in [0.29, 0.717) is 17.9 Å². The highest BCUT2D eigenvalue weighted by molar-refractivity contribution is 5.79. The van der Waals surface area contributed by atoms with Crippen LogP contribution in [0.3, 0.4) is 0 Å². The monoisotopic (exact) mass is 223 g/mol. The van der Waals surface area contributed by atoms with Gasteiger partial charge in [-0.05, 0) is 44.4 Å². The smallest absolute Gasteiger partial charge is 0.223 e. The molecule has 0 radical (unpaired) electrons. The van der Waals surface area contributed by atoms with E-state index in [0.717, 1.165) is 18.8 Å². The number of nitrogens with one attached hydrogen (secondary N) is 1. The molecule has 0 atom stereocenters. The van der Waals surface area contributed by atoms with E-state index >= 15 is 0 Å². The predicted octanol–water partition coefficient (Wildman–Crippen LogP) is 3.26. The van der Waals surface area contributed by atoms with Gasteiger partial charge in [0.1, 0.15) is 0 Å². The zero-order valence-electron chi connectivity index (χ0n) is 10.5. The summed E-state index contributed by atoms with van der Waals surface area (Å²) in [5, 5.41) is 3.26. The van der Waals surface area contributed by atoms with Crippen LogP contribution < -0.4 is 5.32 Å². The molecule has 0 heterocycles. The van der Waals surface area contributed by atoms with Crippen LogP contribution in [0.5, 0.6) is 0 Å². The van der Waals surface area contributed by atoms with Gasteiger partial charge in [-0.2, -0.15) is 0 Å². The number of carbonyl (C=O) groups is 1. The average molecular weight is 223 g/mol. The van der Waals surface area contributed by atoms with Crippen LogP contribution in [-0.4, -0.2) is 11.9 Å². The normalized spacial score (nSPS) is 32.3. The van der Waals surface area contributed by atoms with E-state index in [1.165, 1.54) is 44.9 Å². The number of rotatable bonds is 2. The van der Waals surface area contributed by atoms with E-state index in [1.807, 2.05) is 0 Å². The van der Waals surface area contributed by atoms with E-state index in [-0.39, 0.29) is 0 Å². The highest BCUT2D eigenvalue weighted by atomic mass is 16.1. The topological polar surface area (TPSA) is 29.1 Å². The Morgan fingerprint density at radius 3 is 2.19 bits per heavy atom. The fourth-order valence-corrected chi connectivity index (χ4v) is 3.09. The van der Waals surface area contributed by atoms with Crippen LogP contribution in [0.15, 0.2) is 0 Å². The average Bonchev–Trinajstić information content (AvgIpc) is 2.31. The standard InChI is InChI=1S/C14H25NO/c1-11-7-9-12(10-8-11)14(16)15-13-5-3-2-4-6-13/h11-13H,2-10H2,1H3,(H,15,16). The van der Waals surface area contributed by atoms with Crippen molar-refractivity contribution in [3.8, 4) is 0 Å². The largest absolute Gasteiger partial charge is 0.353 e. The summed E-state index contributed by atoms with van der Waals surface area (Å²) in [6, 6.07) is 0.487. The second-order valence-electron chi connectivity index (χ2n) is 5.80. The minimum absolute atomic E-state index is 0.318. The van der Waals surface area contributed by atoms with E-state index in [4.69, 9.17) is 0 Å². The van der Waals surface area contributed by atoms with E-state index in [1.54, 1.807) is 0 Å². The second kappa shape index (κ2) is 5.70. The highest BCUT2D eigenvalue weighted by Crippen LogP contribution is 2.28. The molecule has 0 aromatic carbocycles. The predicted molar refractivity (Wildman–Crippen MR) is 66.1 cm³/mol. The lowest BCUT2D eigenvalue weighted by Gasteiger charge is -2.29. The Bertz CT molecular complexity index is 225. The Morgan fingerprint density at radius 1 is 0.938 bits per heavy atom. The van der Waals surface area contributed by atoms with E-state index < -0.39 is 0 Å². The third kappa shape index (κ3) is 3.23. The van der Waals surface area contributed by atoms with Crippen molar-refractivity contribution in [3.05, 3.63) is 0 Å². The van der Waals surface area contributed by atoms with Crippen LogP contribution in [0, 0.1) is 11.8 Å². The lowest BCUT2D eigenvalue weighted by molar-refractivity contribution is -0.127. The first kappa shape index (κ1) is 11.9. The molecule has 0 bridgehead atoms. The molecule has 2 aliphatic rings. The van der Waals surface area contributed by atoms with Gasteiger partial charge in [-0.15, -0.1) is 0 Å². The molecule has 1 N–H and O–H groups in total. The quantitative estimate of drug-likeness (QED) is 0.765. The molecule has 0 aromatic heterocycles. The van der Waals surface area contributed by atoms with Gasteiger partial charge < -0.3 is 5.32 Å². The van der Waals surface area contributed by atoms with Crippen molar-refractivity contribution in [2.45, 2.75) is 70.8 Å². The van der Waals surface area contributed by atoms with E-state index in [9.17, 15) is 4.79 Å². The highest BCUT2D eigenvalue weighted by Gasteiger charge is 2.26. The summed E-state index contributed by atoms with van der Waals surface area (Å²) in [6.45, 7) is 2.30. The van der Waals surface area contributed by atoms with Crippen LogP contribution in [0.25, 0.3) is 0 Å². The van der Waals surface area contributed by atoms with Crippen LogP contribution >= 0.6 is 0 Å². The molecular weight excluding hydrogens is 198 g/mol. The van der Waals surface area contributed by atoms with Crippen molar-refractivity contribution in [1.29, 1.82) is 0 Å². The van der Waals surface area contributed by atoms with Gasteiger partial charge in [-0.1, -0.05) is 26.2 Å². The number of hydrogen-bond donors (Lipinski definition) is 1. The third-order valence-electron chi connectivity index (χ3n) is 4.34. The molecule has 0 aromatic rings. The number of hydrogen-bond acceptors (Lipinski definition) is 1. The number of carbonyl (C=O) groups excluding carboxylic acids is 1. The zero-order valence-corrected chi connectivity index (χ0v) is 10.5.